The van der Waals surface area contributed by atoms with Crippen LogP contribution in [0.5, 0.6) is 0 Å². The van der Waals surface area contributed by atoms with Crippen molar-refractivity contribution in [2.75, 3.05) is 59.9 Å². The lowest BCUT2D eigenvalue weighted by atomic mass is 10.0. The Morgan fingerprint density at radius 3 is 2.20 bits per heavy atom. The Labute approximate surface area is 155 Å². The van der Waals surface area contributed by atoms with Crippen LogP contribution in [-0.2, 0) is 0 Å². The highest BCUT2D eigenvalue weighted by atomic mass is 15.2. The maximum Gasteiger partial charge on any atom is 0.190 e. The number of unbranched alkanes of at least 4 members (excludes halogenated alkanes) is 2. The molecule has 5 nitrogen and oxygen atoms in total. The maximum atomic E-state index is 4.34. The van der Waals surface area contributed by atoms with Crippen LogP contribution in [0.4, 0.5) is 0 Å². The summed E-state index contributed by atoms with van der Waals surface area (Å²) in [4.78, 5) is 9.35. The van der Waals surface area contributed by atoms with Gasteiger partial charge in [0, 0.05) is 46.3 Å². The number of piperazine rings is 1. The van der Waals surface area contributed by atoms with E-state index in [1.54, 1.807) is 0 Å². The van der Waals surface area contributed by atoms with Gasteiger partial charge in [-0.25, -0.2) is 0 Å². The zero-order valence-electron chi connectivity index (χ0n) is 16.7. The van der Waals surface area contributed by atoms with Crippen LogP contribution in [0.1, 0.15) is 57.8 Å². The van der Waals surface area contributed by atoms with Crippen molar-refractivity contribution in [1.82, 2.24) is 20.4 Å². The molecule has 0 unspecified atom stereocenters. The topological polar surface area (TPSA) is 42.9 Å². The molecule has 0 aromatic carbocycles. The van der Waals surface area contributed by atoms with Crippen molar-refractivity contribution in [2.45, 2.75) is 57.8 Å². The second kappa shape index (κ2) is 12.5. The van der Waals surface area contributed by atoms with E-state index in [4.69, 9.17) is 0 Å². The molecular formula is C20H41N5. The molecule has 146 valence electrons. The highest BCUT2D eigenvalue weighted by Gasteiger charge is 2.14. The third-order valence-electron chi connectivity index (χ3n) is 5.82. The molecule has 0 bridgehead atoms. The van der Waals surface area contributed by atoms with Gasteiger partial charge in [0.1, 0.15) is 0 Å². The van der Waals surface area contributed by atoms with E-state index in [0.717, 1.165) is 25.0 Å². The molecule has 1 aliphatic carbocycles. The third-order valence-corrected chi connectivity index (χ3v) is 5.82. The van der Waals surface area contributed by atoms with Crippen LogP contribution in [0.3, 0.4) is 0 Å². The normalized spacial score (nSPS) is 21.0. The minimum absolute atomic E-state index is 0.973. The first-order valence-corrected chi connectivity index (χ1v) is 10.6. The highest BCUT2D eigenvalue weighted by molar-refractivity contribution is 5.79. The predicted octanol–water partition coefficient (Wildman–Crippen LogP) is 2.54. The van der Waals surface area contributed by atoms with E-state index in [2.05, 4.69) is 32.5 Å². The van der Waals surface area contributed by atoms with Gasteiger partial charge in [-0.15, -0.1) is 0 Å². The molecule has 0 spiro atoms. The van der Waals surface area contributed by atoms with Gasteiger partial charge in [-0.05, 0) is 38.8 Å². The zero-order chi connectivity index (χ0) is 17.7. The van der Waals surface area contributed by atoms with Crippen LogP contribution >= 0.6 is 0 Å². The Balaban J connectivity index is 1.41. The third kappa shape index (κ3) is 8.91. The van der Waals surface area contributed by atoms with E-state index in [-0.39, 0.29) is 0 Å². The predicted molar refractivity (Wildman–Crippen MR) is 108 cm³/mol. The standard InChI is InChI=1S/C20H41N5/c1-21-20(22-12-6-5-11-19-9-3-4-10-19)23-13-7-8-14-25-17-15-24(2)16-18-25/h19H,3-18H2,1-2H3,(H2,21,22,23). The summed E-state index contributed by atoms with van der Waals surface area (Å²) in [6.45, 7) is 8.21. The number of nitrogens with zero attached hydrogens (tertiary/aromatic N) is 3. The Morgan fingerprint density at radius 1 is 0.920 bits per heavy atom. The molecule has 25 heavy (non-hydrogen) atoms. The van der Waals surface area contributed by atoms with Gasteiger partial charge in [0.2, 0.25) is 0 Å². The number of hydrogen-bond donors (Lipinski definition) is 2. The molecule has 0 atom stereocenters. The van der Waals surface area contributed by atoms with E-state index in [1.807, 2.05) is 7.05 Å². The maximum absolute atomic E-state index is 4.34. The van der Waals surface area contributed by atoms with E-state index in [9.17, 15) is 0 Å². The molecule has 2 fully saturated rings. The van der Waals surface area contributed by atoms with Crippen LogP contribution in [-0.4, -0.2) is 75.7 Å². The molecule has 0 radical (unpaired) electrons. The highest BCUT2D eigenvalue weighted by Crippen LogP contribution is 2.28. The molecule has 0 aromatic rings. The minimum Gasteiger partial charge on any atom is -0.356 e. The van der Waals surface area contributed by atoms with Gasteiger partial charge in [-0.2, -0.15) is 0 Å². The molecule has 2 aliphatic rings. The molecule has 2 N–H and O–H groups in total. The van der Waals surface area contributed by atoms with Crippen molar-refractivity contribution >= 4 is 5.96 Å². The largest absolute Gasteiger partial charge is 0.356 e. The fourth-order valence-electron chi connectivity index (χ4n) is 4.02. The molecule has 5 heteroatoms. The van der Waals surface area contributed by atoms with Crippen molar-refractivity contribution in [1.29, 1.82) is 0 Å². The van der Waals surface area contributed by atoms with Crippen LogP contribution in [0.2, 0.25) is 0 Å². The Morgan fingerprint density at radius 2 is 1.56 bits per heavy atom. The van der Waals surface area contributed by atoms with Crippen LogP contribution in [0, 0.1) is 5.92 Å². The Hall–Kier alpha value is -0.810. The summed E-state index contributed by atoms with van der Waals surface area (Å²) in [5, 5.41) is 6.92. The van der Waals surface area contributed by atoms with Gasteiger partial charge >= 0.3 is 0 Å². The summed E-state index contributed by atoms with van der Waals surface area (Å²) in [6.07, 6.45) is 12.4. The number of hydrogen-bond acceptors (Lipinski definition) is 3. The van der Waals surface area contributed by atoms with Crippen molar-refractivity contribution in [2.24, 2.45) is 10.9 Å². The first-order chi connectivity index (χ1) is 12.3. The number of likely N-dealkylation sites (N-methyl/N-ethyl adjacent to an activating group) is 1. The number of rotatable bonds is 10. The summed E-state index contributed by atoms with van der Waals surface area (Å²) in [5.41, 5.74) is 0. The second-order valence-electron chi connectivity index (χ2n) is 7.92. The quantitative estimate of drug-likeness (QED) is 0.361. The van der Waals surface area contributed by atoms with E-state index < -0.39 is 0 Å². The first-order valence-electron chi connectivity index (χ1n) is 10.6. The van der Waals surface area contributed by atoms with Gasteiger partial charge in [-0.3, -0.25) is 4.99 Å². The molecule has 1 heterocycles. The van der Waals surface area contributed by atoms with Crippen molar-refractivity contribution < 1.29 is 0 Å². The average Bonchev–Trinajstić information content (AvgIpc) is 3.14. The van der Waals surface area contributed by atoms with Gasteiger partial charge in [0.05, 0.1) is 0 Å². The Bertz CT molecular complexity index is 357. The van der Waals surface area contributed by atoms with Crippen LogP contribution < -0.4 is 10.6 Å². The van der Waals surface area contributed by atoms with Crippen LogP contribution in [0.25, 0.3) is 0 Å². The molecule has 2 rings (SSSR count). The molecule has 0 aromatic heterocycles. The summed E-state index contributed by atoms with van der Waals surface area (Å²) in [6, 6.07) is 0. The monoisotopic (exact) mass is 351 g/mol. The average molecular weight is 352 g/mol. The molecule has 1 saturated heterocycles. The van der Waals surface area contributed by atoms with E-state index in [0.29, 0.717) is 0 Å². The minimum atomic E-state index is 0.973. The number of aliphatic imine (C=N–C) groups is 1. The first kappa shape index (κ1) is 20.5. The van der Waals surface area contributed by atoms with Gasteiger partial charge < -0.3 is 20.4 Å². The summed E-state index contributed by atoms with van der Waals surface area (Å²) >= 11 is 0. The van der Waals surface area contributed by atoms with Crippen molar-refractivity contribution in [3.63, 3.8) is 0 Å². The smallest absolute Gasteiger partial charge is 0.190 e. The molecule has 1 aliphatic heterocycles. The van der Waals surface area contributed by atoms with Crippen molar-refractivity contribution in [3.8, 4) is 0 Å². The summed E-state index contributed by atoms with van der Waals surface area (Å²) < 4.78 is 0. The Kier molecular flexibility index (Phi) is 10.3. The molecular weight excluding hydrogens is 310 g/mol. The lowest BCUT2D eigenvalue weighted by Gasteiger charge is -2.32. The summed E-state index contributed by atoms with van der Waals surface area (Å²) in [5.74, 6) is 2.00. The fraction of sp³-hybridized carbons (Fsp3) is 0.950. The van der Waals surface area contributed by atoms with Gasteiger partial charge in [0.15, 0.2) is 5.96 Å². The lowest BCUT2D eigenvalue weighted by Crippen LogP contribution is -2.44. The number of guanidine groups is 1. The number of nitrogens with one attached hydrogen (secondary N) is 2. The summed E-state index contributed by atoms with van der Waals surface area (Å²) in [7, 11) is 4.09. The fourth-order valence-corrected chi connectivity index (χ4v) is 4.02. The van der Waals surface area contributed by atoms with Gasteiger partial charge in [0.25, 0.3) is 0 Å². The van der Waals surface area contributed by atoms with E-state index in [1.165, 1.54) is 90.5 Å². The van der Waals surface area contributed by atoms with Crippen LogP contribution in [0.15, 0.2) is 4.99 Å². The SMILES string of the molecule is CN=C(NCCCCC1CCCC1)NCCCCN1CCN(C)CC1. The lowest BCUT2D eigenvalue weighted by molar-refractivity contribution is 0.152. The molecule has 0 amide bonds. The van der Waals surface area contributed by atoms with Gasteiger partial charge in [-0.1, -0.05) is 38.5 Å². The molecule has 1 saturated carbocycles. The van der Waals surface area contributed by atoms with Crippen molar-refractivity contribution in [3.05, 3.63) is 0 Å². The zero-order valence-corrected chi connectivity index (χ0v) is 16.7. The van der Waals surface area contributed by atoms with E-state index >= 15 is 0 Å². The second-order valence-corrected chi connectivity index (χ2v) is 7.92.